The van der Waals surface area contributed by atoms with E-state index >= 15 is 0 Å². The molecule has 0 spiro atoms. The molecule has 6 nitrogen and oxygen atoms in total. The molecule has 1 fully saturated rings. The van der Waals surface area contributed by atoms with Gasteiger partial charge in [-0.25, -0.2) is 4.79 Å². The Morgan fingerprint density at radius 1 is 1.17 bits per heavy atom. The highest BCUT2D eigenvalue weighted by Gasteiger charge is 2.16. The van der Waals surface area contributed by atoms with Gasteiger partial charge in [0.25, 0.3) is 0 Å². The van der Waals surface area contributed by atoms with Crippen LogP contribution in [0.4, 0.5) is 16.2 Å². The van der Waals surface area contributed by atoms with Crippen molar-refractivity contribution < 1.29 is 9.53 Å². The number of nitrogens with zero attached hydrogens (tertiary/aromatic N) is 3. The predicted molar refractivity (Wildman–Crippen MR) is 127 cm³/mol. The highest BCUT2D eigenvalue weighted by molar-refractivity contribution is 7.73. The zero-order valence-electron chi connectivity index (χ0n) is 17.3. The van der Waals surface area contributed by atoms with E-state index in [0.29, 0.717) is 13.2 Å². The zero-order valence-corrected chi connectivity index (χ0v) is 18.9. The molecule has 1 aliphatic rings. The third-order valence-electron chi connectivity index (χ3n) is 5.31. The number of carbonyl (C=O) groups is 1. The first kappa shape index (κ1) is 20.8. The van der Waals surface area contributed by atoms with Gasteiger partial charge in [-0.2, -0.15) is 0 Å². The molecular weight excluding hydrogens is 416 g/mol. The number of benzene rings is 2. The number of hydrogen-bond acceptors (Lipinski definition) is 6. The van der Waals surface area contributed by atoms with Crippen molar-refractivity contribution in [2.24, 2.45) is 0 Å². The standard InChI is InChI=1S/C22H26N4O2S2/c1-3-28-21(27)23-17-6-4-5-16(13-17)15-26-19-14-18(7-8-20(19)30-22(26)29)25-11-9-24(2)10-12-25/h4-8,13-14H,3,9-12,15H2,1-2H3,(H,23,27). The summed E-state index contributed by atoms with van der Waals surface area (Å²) in [4.78, 5) is 16.5. The van der Waals surface area contributed by atoms with Crippen LogP contribution in [0.25, 0.3) is 10.2 Å². The molecule has 3 aromatic rings. The van der Waals surface area contributed by atoms with Gasteiger partial charge in [0.15, 0.2) is 3.95 Å². The summed E-state index contributed by atoms with van der Waals surface area (Å²) in [6.07, 6.45) is -0.441. The summed E-state index contributed by atoms with van der Waals surface area (Å²) in [5.74, 6) is 0. The lowest BCUT2D eigenvalue weighted by molar-refractivity contribution is 0.168. The van der Waals surface area contributed by atoms with Crippen molar-refractivity contribution >= 4 is 51.2 Å². The molecule has 0 unspecified atom stereocenters. The van der Waals surface area contributed by atoms with Gasteiger partial charge in [0.1, 0.15) is 0 Å². The molecule has 2 heterocycles. The van der Waals surface area contributed by atoms with Crippen LogP contribution in [-0.4, -0.2) is 55.4 Å². The minimum absolute atomic E-state index is 0.344. The van der Waals surface area contributed by atoms with Crippen LogP contribution < -0.4 is 10.2 Å². The van der Waals surface area contributed by atoms with Crippen molar-refractivity contribution in [1.82, 2.24) is 9.47 Å². The van der Waals surface area contributed by atoms with E-state index < -0.39 is 6.09 Å². The second kappa shape index (κ2) is 9.16. The highest BCUT2D eigenvalue weighted by atomic mass is 32.1. The van der Waals surface area contributed by atoms with Gasteiger partial charge >= 0.3 is 6.09 Å². The Hall–Kier alpha value is -2.42. The first-order chi connectivity index (χ1) is 14.5. The molecule has 158 valence electrons. The molecule has 2 aromatic carbocycles. The highest BCUT2D eigenvalue weighted by Crippen LogP contribution is 2.29. The van der Waals surface area contributed by atoms with Crippen LogP contribution in [-0.2, 0) is 11.3 Å². The third-order valence-corrected chi connectivity index (χ3v) is 6.74. The fourth-order valence-electron chi connectivity index (χ4n) is 3.68. The van der Waals surface area contributed by atoms with Crippen LogP contribution in [0.5, 0.6) is 0 Å². The molecule has 0 radical (unpaired) electrons. The zero-order chi connectivity index (χ0) is 21.1. The van der Waals surface area contributed by atoms with Crippen LogP contribution in [0.15, 0.2) is 42.5 Å². The summed E-state index contributed by atoms with van der Waals surface area (Å²) in [6.45, 7) is 7.02. The fraction of sp³-hybridized carbons (Fsp3) is 0.364. The van der Waals surface area contributed by atoms with Gasteiger partial charge < -0.3 is 19.1 Å². The van der Waals surface area contributed by atoms with Gasteiger partial charge in [-0.1, -0.05) is 12.1 Å². The number of aromatic nitrogens is 1. The number of nitrogens with one attached hydrogen (secondary N) is 1. The number of rotatable bonds is 5. The average molecular weight is 443 g/mol. The average Bonchev–Trinajstić information content (AvgIpc) is 3.03. The minimum atomic E-state index is -0.441. The summed E-state index contributed by atoms with van der Waals surface area (Å²) < 4.78 is 9.19. The van der Waals surface area contributed by atoms with Crippen molar-refractivity contribution in [1.29, 1.82) is 0 Å². The van der Waals surface area contributed by atoms with E-state index in [1.165, 1.54) is 10.4 Å². The Morgan fingerprint density at radius 2 is 1.97 bits per heavy atom. The molecule has 1 aliphatic heterocycles. The first-order valence-corrected chi connectivity index (χ1v) is 11.4. The van der Waals surface area contributed by atoms with Crippen molar-refractivity contribution in [2.75, 3.05) is 50.1 Å². The Bertz CT molecular complexity index is 1100. The number of amides is 1. The Morgan fingerprint density at radius 3 is 2.73 bits per heavy atom. The van der Waals surface area contributed by atoms with Gasteiger partial charge in [-0.3, -0.25) is 5.32 Å². The minimum Gasteiger partial charge on any atom is -0.450 e. The van der Waals surface area contributed by atoms with Crippen LogP contribution in [0.2, 0.25) is 0 Å². The third kappa shape index (κ3) is 4.66. The largest absolute Gasteiger partial charge is 0.450 e. The topological polar surface area (TPSA) is 49.7 Å². The smallest absolute Gasteiger partial charge is 0.411 e. The van der Waals surface area contributed by atoms with Crippen molar-refractivity contribution in [3.63, 3.8) is 0 Å². The monoisotopic (exact) mass is 442 g/mol. The summed E-state index contributed by atoms with van der Waals surface area (Å²) in [5.41, 5.74) is 4.19. The van der Waals surface area contributed by atoms with Crippen molar-refractivity contribution in [3.8, 4) is 0 Å². The molecule has 8 heteroatoms. The molecule has 1 saturated heterocycles. The lowest BCUT2D eigenvalue weighted by atomic mass is 10.2. The number of likely N-dealkylation sites (N-methyl/N-ethyl adjacent to an activating group) is 1. The maximum absolute atomic E-state index is 11.7. The molecule has 1 aromatic heterocycles. The van der Waals surface area contributed by atoms with E-state index in [9.17, 15) is 4.79 Å². The number of carbonyl (C=O) groups excluding carboxylic acids is 1. The van der Waals surface area contributed by atoms with E-state index in [4.69, 9.17) is 17.0 Å². The summed E-state index contributed by atoms with van der Waals surface area (Å²) in [6, 6.07) is 14.4. The second-order valence-corrected chi connectivity index (χ2v) is 9.12. The molecular formula is C22H26N4O2S2. The number of ether oxygens (including phenoxy) is 1. The second-order valence-electron chi connectivity index (χ2n) is 7.44. The molecule has 4 rings (SSSR count). The maximum Gasteiger partial charge on any atom is 0.411 e. The molecule has 1 N–H and O–H groups in total. The summed E-state index contributed by atoms with van der Waals surface area (Å²) in [5, 5.41) is 2.77. The van der Waals surface area contributed by atoms with Crippen LogP contribution in [0.1, 0.15) is 12.5 Å². The Kier molecular flexibility index (Phi) is 6.36. The predicted octanol–water partition coefficient (Wildman–Crippen LogP) is 4.80. The van der Waals surface area contributed by atoms with Gasteiger partial charge in [-0.15, -0.1) is 11.3 Å². The molecule has 0 atom stereocenters. The van der Waals surface area contributed by atoms with Crippen LogP contribution in [0.3, 0.4) is 0 Å². The number of anilines is 2. The summed E-state index contributed by atoms with van der Waals surface area (Å²) in [7, 11) is 2.17. The Labute approximate surface area is 185 Å². The quantitative estimate of drug-likeness (QED) is 0.575. The number of thiazole rings is 1. The molecule has 30 heavy (non-hydrogen) atoms. The van der Waals surface area contributed by atoms with E-state index in [0.717, 1.165) is 46.9 Å². The molecule has 1 amide bonds. The lowest BCUT2D eigenvalue weighted by Crippen LogP contribution is -2.44. The summed E-state index contributed by atoms with van der Waals surface area (Å²) >= 11 is 7.31. The van der Waals surface area contributed by atoms with E-state index in [-0.39, 0.29) is 0 Å². The number of hydrogen-bond donors (Lipinski definition) is 1. The van der Waals surface area contributed by atoms with E-state index in [1.807, 2.05) is 24.3 Å². The van der Waals surface area contributed by atoms with Crippen molar-refractivity contribution in [2.45, 2.75) is 13.5 Å². The van der Waals surface area contributed by atoms with Gasteiger partial charge in [0.05, 0.1) is 16.8 Å². The first-order valence-electron chi connectivity index (χ1n) is 10.1. The van der Waals surface area contributed by atoms with Gasteiger partial charge in [0, 0.05) is 44.1 Å². The van der Waals surface area contributed by atoms with E-state index in [1.54, 1.807) is 18.3 Å². The molecule has 0 saturated carbocycles. The molecule has 0 aliphatic carbocycles. The maximum atomic E-state index is 11.7. The molecule has 0 bridgehead atoms. The Balaban J connectivity index is 1.59. The van der Waals surface area contributed by atoms with Crippen LogP contribution in [0, 0.1) is 3.95 Å². The van der Waals surface area contributed by atoms with Crippen LogP contribution >= 0.6 is 23.6 Å². The van der Waals surface area contributed by atoms with Gasteiger partial charge in [-0.05, 0) is 62.1 Å². The normalized spacial score (nSPS) is 14.8. The van der Waals surface area contributed by atoms with E-state index in [2.05, 4.69) is 44.9 Å². The SMILES string of the molecule is CCOC(=O)Nc1cccc(Cn2c(=S)sc3ccc(N4CCN(C)CC4)cc32)c1. The lowest BCUT2D eigenvalue weighted by Gasteiger charge is -2.34. The van der Waals surface area contributed by atoms with Gasteiger partial charge in [0.2, 0.25) is 0 Å². The van der Waals surface area contributed by atoms with Crippen molar-refractivity contribution in [3.05, 3.63) is 52.0 Å². The number of fused-ring (bicyclic) bond motifs is 1. The number of piperazine rings is 1. The fourth-order valence-corrected chi connectivity index (χ4v) is 4.98.